The van der Waals surface area contributed by atoms with Crippen LogP contribution in [0.25, 0.3) is 0 Å². The first-order valence-electron chi connectivity index (χ1n) is 3.85. The molecule has 1 atom stereocenters. The molecule has 0 aromatic heterocycles. The van der Waals surface area contributed by atoms with Crippen LogP contribution in [0.1, 0.15) is 17.4 Å². The molecule has 0 saturated carbocycles. The molecule has 14 heavy (non-hydrogen) atoms. The molecular weight excluding hydrogens is 236 g/mol. The highest BCUT2D eigenvalue weighted by atomic mass is 35.5. The molecule has 1 aromatic rings. The smallest absolute Gasteiger partial charge is 0.171 e. The van der Waals surface area contributed by atoms with E-state index in [1.54, 1.807) is 0 Å². The molecule has 1 aromatic carbocycles. The SMILES string of the molecule is FC(F)(F)CC(Cl)c1ccc(Cl)cc1. The Labute approximate surface area is 89.6 Å². The summed E-state index contributed by atoms with van der Waals surface area (Å²) >= 11 is 11.2. The molecule has 0 aliphatic heterocycles. The maximum absolute atomic E-state index is 12.0. The van der Waals surface area contributed by atoms with Gasteiger partial charge in [0.1, 0.15) is 0 Å². The predicted octanol–water partition coefficient (Wildman–Crippen LogP) is 4.57. The average molecular weight is 243 g/mol. The van der Waals surface area contributed by atoms with Gasteiger partial charge in [-0.1, -0.05) is 23.7 Å². The van der Waals surface area contributed by atoms with Crippen molar-refractivity contribution in [2.45, 2.75) is 18.0 Å². The zero-order valence-electron chi connectivity index (χ0n) is 6.98. The lowest BCUT2D eigenvalue weighted by Crippen LogP contribution is -2.10. The van der Waals surface area contributed by atoms with Gasteiger partial charge in [-0.25, -0.2) is 0 Å². The third-order valence-corrected chi connectivity index (χ3v) is 2.30. The van der Waals surface area contributed by atoms with Crippen LogP contribution in [0.4, 0.5) is 13.2 Å². The van der Waals surface area contributed by atoms with Gasteiger partial charge in [0.2, 0.25) is 0 Å². The van der Waals surface area contributed by atoms with Crippen LogP contribution < -0.4 is 0 Å². The average Bonchev–Trinajstić information content (AvgIpc) is 2.02. The second kappa shape index (κ2) is 4.41. The van der Waals surface area contributed by atoms with Crippen molar-refractivity contribution in [1.82, 2.24) is 0 Å². The highest BCUT2D eigenvalue weighted by Gasteiger charge is 2.31. The Hall–Kier alpha value is -0.410. The molecule has 78 valence electrons. The van der Waals surface area contributed by atoms with Crippen molar-refractivity contribution >= 4 is 23.2 Å². The van der Waals surface area contributed by atoms with Crippen LogP contribution >= 0.6 is 23.2 Å². The maximum atomic E-state index is 12.0. The van der Waals surface area contributed by atoms with Crippen LogP contribution in [0.3, 0.4) is 0 Å². The van der Waals surface area contributed by atoms with E-state index in [0.717, 1.165) is 0 Å². The minimum Gasteiger partial charge on any atom is -0.171 e. The summed E-state index contributed by atoms with van der Waals surface area (Å²) in [5.74, 6) is 0. The topological polar surface area (TPSA) is 0 Å². The van der Waals surface area contributed by atoms with Crippen molar-refractivity contribution in [3.05, 3.63) is 34.9 Å². The van der Waals surface area contributed by atoms with Crippen molar-refractivity contribution in [3.8, 4) is 0 Å². The predicted molar refractivity (Wildman–Crippen MR) is 50.7 cm³/mol. The first-order valence-corrected chi connectivity index (χ1v) is 4.66. The van der Waals surface area contributed by atoms with Crippen molar-refractivity contribution in [1.29, 1.82) is 0 Å². The summed E-state index contributed by atoms with van der Waals surface area (Å²) in [7, 11) is 0. The van der Waals surface area contributed by atoms with Crippen molar-refractivity contribution < 1.29 is 13.2 Å². The molecule has 0 bridgehead atoms. The van der Waals surface area contributed by atoms with Gasteiger partial charge in [-0.05, 0) is 17.7 Å². The number of halogens is 5. The first-order chi connectivity index (χ1) is 6.38. The summed E-state index contributed by atoms with van der Waals surface area (Å²) < 4.78 is 35.9. The van der Waals surface area contributed by atoms with E-state index < -0.39 is 18.0 Å². The van der Waals surface area contributed by atoms with E-state index in [-0.39, 0.29) is 0 Å². The molecule has 0 amide bonds. The molecule has 0 spiro atoms. The quantitative estimate of drug-likeness (QED) is 0.667. The summed E-state index contributed by atoms with van der Waals surface area (Å²) in [5, 5.41) is -0.572. The van der Waals surface area contributed by atoms with E-state index in [1.165, 1.54) is 24.3 Å². The molecule has 0 heterocycles. The van der Waals surface area contributed by atoms with E-state index in [4.69, 9.17) is 23.2 Å². The standard InChI is InChI=1S/C9H7Cl2F3/c10-7-3-1-6(2-4-7)8(11)5-9(12,13)14/h1-4,8H,5H2. The highest BCUT2D eigenvalue weighted by molar-refractivity contribution is 6.30. The summed E-state index contributed by atoms with van der Waals surface area (Å²) in [6.45, 7) is 0. The molecule has 0 saturated heterocycles. The number of hydrogen-bond acceptors (Lipinski definition) is 0. The van der Waals surface area contributed by atoms with Gasteiger partial charge in [-0.3, -0.25) is 0 Å². The zero-order chi connectivity index (χ0) is 10.8. The second-order valence-corrected chi connectivity index (χ2v) is 3.80. The fourth-order valence-corrected chi connectivity index (χ4v) is 1.44. The van der Waals surface area contributed by atoms with Gasteiger partial charge in [0, 0.05) is 5.02 Å². The Morgan fingerprint density at radius 2 is 1.64 bits per heavy atom. The molecule has 1 unspecified atom stereocenters. The Morgan fingerprint density at radius 3 is 2.07 bits per heavy atom. The molecule has 0 aliphatic carbocycles. The summed E-state index contributed by atoms with van der Waals surface area (Å²) in [6, 6.07) is 6.02. The highest BCUT2D eigenvalue weighted by Crippen LogP contribution is 2.34. The minimum atomic E-state index is -4.24. The van der Waals surface area contributed by atoms with Crippen LogP contribution in [0.15, 0.2) is 24.3 Å². The number of hydrogen-bond donors (Lipinski definition) is 0. The Kier molecular flexibility index (Phi) is 3.67. The lowest BCUT2D eigenvalue weighted by molar-refractivity contribution is -0.134. The lowest BCUT2D eigenvalue weighted by atomic mass is 10.1. The third kappa shape index (κ3) is 3.76. The fraction of sp³-hybridized carbons (Fsp3) is 0.333. The normalized spacial score (nSPS) is 14.1. The first kappa shape index (κ1) is 11.7. The number of benzene rings is 1. The number of rotatable bonds is 2. The Bertz CT molecular complexity index is 292. The van der Waals surface area contributed by atoms with E-state index in [1.807, 2.05) is 0 Å². The van der Waals surface area contributed by atoms with Crippen LogP contribution in [-0.2, 0) is 0 Å². The fourth-order valence-electron chi connectivity index (χ4n) is 0.993. The van der Waals surface area contributed by atoms with Crippen LogP contribution in [0, 0.1) is 0 Å². The van der Waals surface area contributed by atoms with Crippen molar-refractivity contribution in [2.24, 2.45) is 0 Å². The summed E-state index contributed by atoms with van der Waals surface area (Å²) in [5.41, 5.74) is 0.424. The van der Waals surface area contributed by atoms with E-state index >= 15 is 0 Å². The van der Waals surface area contributed by atoms with E-state index in [2.05, 4.69) is 0 Å². The zero-order valence-corrected chi connectivity index (χ0v) is 8.50. The van der Waals surface area contributed by atoms with Gasteiger partial charge in [-0.2, -0.15) is 13.2 Å². The van der Waals surface area contributed by atoms with Gasteiger partial charge in [0.05, 0.1) is 11.8 Å². The van der Waals surface area contributed by atoms with Gasteiger partial charge in [0.15, 0.2) is 0 Å². The third-order valence-electron chi connectivity index (χ3n) is 1.64. The molecule has 1 rings (SSSR count). The molecule has 0 nitrogen and oxygen atoms in total. The van der Waals surface area contributed by atoms with Crippen molar-refractivity contribution in [2.75, 3.05) is 0 Å². The molecule has 0 N–H and O–H groups in total. The van der Waals surface area contributed by atoms with Crippen LogP contribution in [0.2, 0.25) is 5.02 Å². The maximum Gasteiger partial charge on any atom is 0.390 e. The largest absolute Gasteiger partial charge is 0.390 e. The molecule has 0 aliphatic rings. The number of alkyl halides is 4. The lowest BCUT2D eigenvalue weighted by Gasteiger charge is -2.12. The summed E-state index contributed by atoms with van der Waals surface area (Å²) in [6.07, 6.45) is -5.28. The Morgan fingerprint density at radius 1 is 1.14 bits per heavy atom. The van der Waals surface area contributed by atoms with E-state index in [9.17, 15) is 13.2 Å². The van der Waals surface area contributed by atoms with Crippen molar-refractivity contribution in [3.63, 3.8) is 0 Å². The van der Waals surface area contributed by atoms with E-state index in [0.29, 0.717) is 10.6 Å². The monoisotopic (exact) mass is 242 g/mol. The molecule has 5 heteroatoms. The van der Waals surface area contributed by atoms with Gasteiger partial charge in [-0.15, -0.1) is 11.6 Å². The van der Waals surface area contributed by atoms with Crippen LogP contribution in [-0.4, -0.2) is 6.18 Å². The van der Waals surface area contributed by atoms with Gasteiger partial charge in [0.25, 0.3) is 0 Å². The minimum absolute atomic E-state index is 0.424. The van der Waals surface area contributed by atoms with Gasteiger partial charge < -0.3 is 0 Å². The Balaban J connectivity index is 2.70. The molecular formula is C9H7Cl2F3. The molecule has 0 radical (unpaired) electrons. The van der Waals surface area contributed by atoms with Gasteiger partial charge >= 0.3 is 6.18 Å². The van der Waals surface area contributed by atoms with Crippen LogP contribution in [0.5, 0.6) is 0 Å². The molecule has 0 fully saturated rings. The second-order valence-electron chi connectivity index (χ2n) is 2.84. The summed E-state index contributed by atoms with van der Waals surface area (Å²) in [4.78, 5) is 0.